The van der Waals surface area contributed by atoms with Gasteiger partial charge in [0.05, 0.1) is 23.9 Å². The van der Waals surface area contributed by atoms with Crippen molar-refractivity contribution in [2.75, 3.05) is 13.2 Å². The van der Waals surface area contributed by atoms with E-state index in [4.69, 9.17) is 4.74 Å². The van der Waals surface area contributed by atoms with Gasteiger partial charge in [-0.05, 0) is 26.0 Å². The van der Waals surface area contributed by atoms with Crippen LogP contribution in [0.15, 0.2) is 29.6 Å². The maximum atomic E-state index is 12.1. The number of aryl methyl sites for hydroxylation is 1. The van der Waals surface area contributed by atoms with Crippen LogP contribution in [0, 0.1) is 6.92 Å². The summed E-state index contributed by atoms with van der Waals surface area (Å²) >= 11 is 1.56. The van der Waals surface area contributed by atoms with Crippen molar-refractivity contribution in [1.82, 2.24) is 10.3 Å². The molecule has 6 nitrogen and oxygen atoms in total. The van der Waals surface area contributed by atoms with Crippen LogP contribution < -0.4 is 5.32 Å². The van der Waals surface area contributed by atoms with Crippen molar-refractivity contribution in [2.24, 2.45) is 0 Å². The fraction of sp³-hybridized carbons (Fsp3) is 0.312. The first-order chi connectivity index (χ1) is 11.0. The summed E-state index contributed by atoms with van der Waals surface area (Å²) < 4.78 is 4.79. The molecule has 2 rings (SSSR count). The quantitative estimate of drug-likeness (QED) is 0.786. The highest BCUT2D eigenvalue weighted by Crippen LogP contribution is 2.21. The number of esters is 1. The molecule has 0 radical (unpaired) electrons. The summed E-state index contributed by atoms with van der Waals surface area (Å²) in [4.78, 5) is 28.1. The average molecular weight is 334 g/mol. The zero-order valence-corrected chi connectivity index (χ0v) is 13.7. The van der Waals surface area contributed by atoms with E-state index in [1.54, 1.807) is 42.5 Å². The lowest BCUT2D eigenvalue weighted by Crippen LogP contribution is -2.44. The zero-order valence-electron chi connectivity index (χ0n) is 12.9. The topological polar surface area (TPSA) is 88.5 Å². The summed E-state index contributed by atoms with van der Waals surface area (Å²) in [6.45, 7) is 3.27. The predicted octanol–water partition coefficient (Wildman–Crippen LogP) is 1.77. The van der Waals surface area contributed by atoms with Crippen LogP contribution in [0.1, 0.15) is 22.3 Å². The van der Waals surface area contributed by atoms with E-state index in [-0.39, 0.29) is 6.61 Å². The van der Waals surface area contributed by atoms with Gasteiger partial charge in [-0.2, -0.15) is 0 Å². The molecule has 23 heavy (non-hydrogen) atoms. The number of hydrogen-bond acceptors (Lipinski definition) is 6. The number of nitrogens with one attached hydrogen (secondary N) is 1. The summed E-state index contributed by atoms with van der Waals surface area (Å²) in [6, 6.07) is 5.82. The van der Waals surface area contributed by atoms with Crippen LogP contribution in [-0.4, -0.2) is 41.2 Å². The molecule has 0 aliphatic rings. The highest BCUT2D eigenvalue weighted by atomic mass is 32.1. The molecule has 0 spiro atoms. The van der Waals surface area contributed by atoms with Gasteiger partial charge in [-0.1, -0.05) is 12.1 Å². The summed E-state index contributed by atoms with van der Waals surface area (Å²) in [7, 11) is 0. The molecular formula is C16H18N2O4S. The molecule has 0 saturated carbocycles. The third kappa shape index (κ3) is 4.37. The van der Waals surface area contributed by atoms with E-state index in [2.05, 4.69) is 10.3 Å². The molecule has 2 N–H and O–H groups in total. The van der Waals surface area contributed by atoms with Crippen molar-refractivity contribution < 1.29 is 19.4 Å². The van der Waals surface area contributed by atoms with Crippen LogP contribution >= 0.6 is 11.3 Å². The van der Waals surface area contributed by atoms with Crippen LogP contribution in [0.2, 0.25) is 0 Å². The first-order valence-electron chi connectivity index (χ1n) is 7.16. The number of rotatable bonds is 6. The lowest BCUT2D eigenvalue weighted by Gasteiger charge is -2.14. The lowest BCUT2D eigenvalue weighted by atomic mass is 10.1. The third-order valence-corrected chi connectivity index (χ3v) is 3.89. The number of hydrogen-bond donors (Lipinski definition) is 2. The number of thiazole rings is 1. The minimum atomic E-state index is -1.07. The number of ether oxygens (including phenoxy) is 1. The normalized spacial score (nSPS) is 11.8. The number of amides is 1. The van der Waals surface area contributed by atoms with Gasteiger partial charge in [0.2, 0.25) is 0 Å². The molecule has 1 atom stereocenters. The molecule has 1 amide bonds. The Morgan fingerprint density at radius 3 is 2.57 bits per heavy atom. The smallest absolute Gasteiger partial charge is 0.331 e. The Hall–Kier alpha value is -2.25. The molecule has 0 aliphatic carbocycles. The van der Waals surface area contributed by atoms with Crippen molar-refractivity contribution in [2.45, 2.75) is 19.9 Å². The summed E-state index contributed by atoms with van der Waals surface area (Å²) in [5, 5.41) is 14.6. The number of nitrogens with zero attached hydrogens (tertiary/aromatic N) is 1. The number of aromatic nitrogens is 1. The molecule has 7 heteroatoms. The van der Waals surface area contributed by atoms with Crippen molar-refractivity contribution >= 4 is 23.2 Å². The molecule has 2 aromatic rings. The van der Waals surface area contributed by atoms with Crippen molar-refractivity contribution in [1.29, 1.82) is 0 Å². The second kappa shape index (κ2) is 7.85. The minimum Gasteiger partial charge on any atom is -0.464 e. The Labute approximate surface area is 138 Å². The van der Waals surface area contributed by atoms with E-state index >= 15 is 0 Å². The fourth-order valence-corrected chi connectivity index (χ4v) is 2.57. The maximum Gasteiger partial charge on any atom is 0.331 e. The van der Waals surface area contributed by atoms with Crippen LogP contribution in [-0.2, 0) is 9.53 Å². The van der Waals surface area contributed by atoms with E-state index in [9.17, 15) is 14.7 Å². The number of aliphatic hydroxyl groups excluding tert-OH is 1. The van der Waals surface area contributed by atoms with Gasteiger partial charge in [0, 0.05) is 16.5 Å². The molecule has 1 heterocycles. The monoisotopic (exact) mass is 334 g/mol. The van der Waals surface area contributed by atoms with Gasteiger partial charge in [-0.25, -0.2) is 9.78 Å². The van der Waals surface area contributed by atoms with Gasteiger partial charge in [0.15, 0.2) is 6.04 Å². The number of carbonyl (C=O) groups excluding carboxylic acids is 2. The number of aliphatic hydroxyl groups is 1. The molecule has 0 unspecified atom stereocenters. The maximum absolute atomic E-state index is 12.1. The fourth-order valence-electron chi connectivity index (χ4n) is 1.95. The van der Waals surface area contributed by atoms with Gasteiger partial charge in [-0.3, -0.25) is 4.79 Å². The van der Waals surface area contributed by atoms with Crippen LogP contribution in [0.3, 0.4) is 0 Å². The minimum absolute atomic E-state index is 0.187. The van der Waals surface area contributed by atoms with Crippen molar-refractivity contribution in [3.8, 4) is 11.3 Å². The molecule has 0 saturated heterocycles. The lowest BCUT2D eigenvalue weighted by molar-refractivity contribution is -0.146. The molecular weight excluding hydrogens is 316 g/mol. The van der Waals surface area contributed by atoms with E-state index in [0.29, 0.717) is 5.56 Å². The molecule has 1 aromatic carbocycles. The van der Waals surface area contributed by atoms with Gasteiger partial charge in [-0.15, -0.1) is 11.3 Å². The Balaban J connectivity index is 2.06. The second-order valence-corrected chi connectivity index (χ2v) is 5.85. The largest absolute Gasteiger partial charge is 0.464 e. The standard InChI is InChI=1S/C16H18N2O4S/c1-3-22-16(21)13(8-19)18-15(20)12-6-4-11(5-7-12)14-9-23-10(2)17-14/h4-7,9,13,19H,3,8H2,1-2H3,(H,18,20)/t13-/m1/s1. The summed E-state index contributed by atoms with van der Waals surface area (Å²) in [5.41, 5.74) is 2.16. The van der Waals surface area contributed by atoms with E-state index in [0.717, 1.165) is 16.3 Å². The van der Waals surface area contributed by atoms with Crippen LogP contribution in [0.4, 0.5) is 0 Å². The van der Waals surface area contributed by atoms with E-state index in [1.165, 1.54) is 0 Å². The first-order valence-corrected chi connectivity index (χ1v) is 8.04. The molecule has 0 bridgehead atoms. The van der Waals surface area contributed by atoms with Gasteiger partial charge in [0.1, 0.15) is 0 Å². The van der Waals surface area contributed by atoms with E-state index < -0.39 is 24.5 Å². The molecule has 0 fully saturated rings. The Bertz CT molecular complexity index is 682. The SMILES string of the molecule is CCOC(=O)[C@@H](CO)NC(=O)c1ccc(-c2csc(C)n2)cc1. The summed E-state index contributed by atoms with van der Waals surface area (Å²) in [6.07, 6.45) is 0. The number of carbonyl (C=O) groups is 2. The Morgan fingerprint density at radius 1 is 1.35 bits per heavy atom. The predicted molar refractivity (Wildman–Crippen MR) is 87.3 cm³/mol. The van der Waals surface area contributed by atoms with Crippen LogP contribution in [0.25, 0.3) is 11.3 Å². The Morgan fingerprint density at radius 2 is 2.04 bits per heavy atom. The Kier molecular flexibility index (Phi) is 5.84. The highest BCUT2D eigenvalue weighted by molar-refractivity contribution is 7.09. The summed E-state index contributed by atoms with van der Waals surface area (Å²) in [5.74, 6) is -1.10. The number of benzene rings is 1. The first kappa shape index (κ1) is 17.1. The van der Waals surface area contributed by atoms with Gasteiger partial charge >= 0.3 is 5.97 Å². The average Bonchev–Trinajstić information content (AvgIpc) is 2.99. The molecule has 0 aliphatic heterocycles. The van der Waals surface area contributed by atoms with Crippen LogP contribution in [0.5, 0.6) is 0 Å². The van der Waals surface area contributed by atoms with Crippen molar-refractivity contribution in [3.63, 3.8) is 0 Å². The van der Waals surface area contributed by atoms with Gasteiger partial charge < -0.3 is 15.2 Å². The van der Waals surface area contributed by atoms with Gasteiger partial charge in [0.25, 0.3) is 5.91 Å². The molecule has 122 valence electrons. The zero-order chi connectivity index (χ0) is 16.8. The highest BCUT2D eigenvalue weighted by Gasteiger charge is 2.21. The molecule has 1 aromatic heterocycles. The second-order valence-electron chi connectivity index (χ2n) is 4.79. The van der Waals surface area contributed by atoms with Crippen molar-refractivity contribution in [3.05, 3.63) is 40.2 Å². The third-order valence-electron chi connectivity index (χ3n) is 3.12. The van der Waals surface area contributed by atoms with E-state index in [1.807, 2.05) is 12.3 Å².